The maximum atomic E-state index is 12.7. The van der Waals surface area contributed by atoms with Gasteiger partial charge in [-0.15, -0.1) is 0 Å². The summed E-state index contributed by atoms with van der Waals surface area (Å²) in [7, 11) is 0. The van der Waals surface area contributed by atoms with Gasteiger partial charge in [0.2, 0.25) is 0 Å². The number of hydrogen-bond donors (Lipinski definition) is 14. The Labute approximate surface area is 403 Å². The third kappa shape index (κ3) is 9.43. The molecule has 7 aliphatic rings. The summed E-state index contributed by atoms with van der Waals surface area (Å²) >= 11 is 0. The molecular weight excluding hydrogens is 913 g/mol. The van der Waals surface area contributed by atoms with Gasteiger partial charge in [0, 0.05) is 0 Å². The van der Waals surface area contributed by atoms with Crippen LogP contribution in [0.5, 0.6) is 0 Å². The smallest absolute Gasteiger partial charge is 0.187 e. The lowest BCUT2D eigenvalue weighted by Crippen LogP contribution is -2.70. The quantitative estimate of drug-likeness (QED) is 0.0404. The highest BCUT2D eigenvalue weighted by Gasteiger charge is 2.74. The van der Waals surface area contributed by atoms with Crippen molar-refractivity contribution in [1.82, 2.24) is 0 Å². The van der Waals surface area contributed by atoms with E-state index in [1.807, 2.05) is 20.8 Å². The standard InChI is InChI=1S/C48H82O21/c1-43(2,69-62)12-9-13-48(8,68-41-37(61)34(58)31(55)25(19-50)64-41)21-10-15-46(6)29(21)22(52)16-27-45(5)14-11-28(44(3,4)39(45)23(53)17-47(27,46)7)66-42-38(35(59)32(56)26(20-51)65-42)67-40-36(60)33(57)30(54)24(18-49)63-40/h9,12,21-42,49-62H,10-11,13-20H2,1-8H3. The molecule has 21 heteroatoms. The van der Waals surface area contributed by atoms with E-state index >= 15 is 0 Å². The van der Waals surface area contributed by atoms with Crippen LogP contribution < -0.4 is 0 Å². The summed E-state index contributed by atoms with van der Waals surface area (Å²) in [6, 6.07) is 0. The van der Waals surface area contributed by atoms with E-state index < -0.39 is 175 Å². The molecule has 400 valence electrons. The molecule has 3 saturated heterocycles. The highest BCUT2D eigenvalue weighted by molar-refractivity contribution is 5.22. The number of fused-ring (bicyclic) bond motifs is 5. The van der Waals surface area contributed by atoms with Crippen LogP contribution in [0.3, 0.4) is 0 Å². The van der Waals surface area contributed by atoms with E-state index in [1.54, 1.807) is 26.0 Å². The van der Waals surface area contributed by atoms with Crippen molar-refractivity contribution in [1.29, 1.82) is 0 Å². The van der Waals surface area contributed by atoms with Crippen LogP contribution in [-0.2, 0) is 33.3 Å². The summed E-state index contributed by atoms with van der Waals surface area (Å²) in [6.07, 6.45) is -19.8. The summed E-state index contributed by atoms with van der Waals surface area (Å²) in [5, 5.41) is 151. The topological polar surface area (TPSA) is 348 Å². The van der Waals surface area contributed by atoms with Crippen molar-refractivity contribution in [3.63, 3.8) is 0 Å². The Hall–Kier alpha value is -1.10. The van der Waals surface area contributed by atoms with Gasteiger partial charge in [0.15, 0.2) is 18.9 Å². The van der Waals surface area contributed by atoms with Gasteiger partial charge < -0.3 is 94.8 Å². The van der Waals surface area contributed by atoms with E-state index in [4.69, 9.17) is 28.4 Å². The Bertz CT molecular complexity index is 1770. The zero-order chi connectivity index (χ0) is 51.1. The molecule has 0 aromatic carbocycles. The highest BCUT2D eigenvalue weighted by Crippen LogP contribution is 2.76. The second-order valence-electron chi connectivity index (χ2n) is 23.5. The van der Waals surface area contributed by atoms with Crippen molar-refractivity contribution in [3.8, 4) is 0 Å². The van der Waals surface area contributed by atoms with Crippen molar-refractivity contribution in [2.75, 3.05) is 19.8 Å². The molecule has 0 aromatic heterocycles. The minimum atomic E-state index is -1.84. The number of aliphatic hydroxyl groups is 13. The Balaban J connectivity index is 1.16. The molecule has 26 atom stereocenters. The lowest BCUT2D eigenvalue weighted by atomic mass is 9.34. The maximum absolute atomic E-state index is 12.7. The van der Waals surface area contributed by atoms with Crippen LogP contribution in [-0.4, -0.2) is 213 Å². The van der Waals surface area contributed by atoms with Crippen molar-refractivity contribution < 1.29 is 105 Å². The Morgan fingerprint density at radius 3 is 1.71 bits per heavy atom. The van der Waals surface area contributed by atoms with Crippen molar-refractivity contribution >= 4 is 0 Å². The third-order valence-electron chi connectivity index (χ3n) is 18.8. The SMILES string of the molecule is CC(C)(C=CCC(C)(OC1OC(CO)C(O)C(O)C1O)C1CCC2(C)C1C(O)CC1C3(C)CCC(OC4OC(CO)C(O)C(O)C4OC4OC(CO)C(O)C(O)C4O)C(C)(C)C3C(O)CC12C)OO. The molecule has 26 unspecified atom stereocenters. The van der Waals surface area contributed by atoms with Gasteiger partial charge in [-0.2, -0.15) is 0 Å². The van der Waals surface area contributed by atoms with Gasteiger partial charge in [0.1, 0.15) is 78.8 Å². The second kappa shape index (κ2) is 20.2. The van der Waals surface area contributed by atoms with Gasteiger partial charge >= 0.3 is 0 Å². The molecule has 4 saturated carbocycles. The van der Waals surface area contributed by atoms with Gasteiger partial charge in [-0.25, -0.2) is 4.89 Å². The predicted molar refractivity (Wildman–Crippen MR) is 238 cm³/mol. The molecule has 69 heavy (non-hydrogen) atoms. The zero-order valence-electron chi connectivity index (χ0n) is 41.0. The van der Waals surface area contributed by atoms with E-state index in [9.17, 15) is 71.6 Å². The molecule has 21 nitrogen and oxygen atoms in total. The lowest BCUT2D eigenvalue weighted by molar-refractivity contribution is -0.380. The fourth-order valence-electron chi connectivity index (χ4n) is 15.0. The van der Waals surface area contributed by atoms with E-state index in [1.165, 1.54) is 0 Å². The summed E-state index contributed by atoms with van der Waals surface area (Å²) < 4.78 is 36.9. The molecule has 0 bridgehead atoms. The van der Waals surface area contributed by atoms with Crippen molar-refractivity contribution in [2.45, 2.75) is 222 Å². The molecule has 0 aromatic rings. The summed E-state index contributed by atoms with van der Waals surface area (Å²) in [6.45, 7) is 13.6. The molecule has 0 radical (unpaired) electrons. The summed E-state index contributed by atoms with van der Waals surface area (Å²) in [4.78, 5) is 4.65. The van der Waals surface area contributed by atoms with Crippen LogP contribution in [0.25, 0.3) is 0 Å². The zero-order valence-corrected chi connectivity index (χ0v) is 41.0. The van der Waals surface area contributed by atoms with E-state index in [2.05, 4.69) is 25.7 Å². The van der Waals surface area contributed by atoms with Gasteiger partial charge in [0.05, 0.1) is 43.7 Å². The summed E-state index contributed by atoms with van der Waals surface area (Å²) in [5.74, 6) is -1.35. The first-order chi connectivity index (χ1) is 32.1. The average molecular weight is 995 g/mol. The Morgan fingerprint density at radius 2 is 1.14 bits per heavy atom. The van der Waals surface area contributed by atoms with Crippen LogP contribution in [0.15, 0.2) is 12.2 Å². The largest absolute Gasteiger partial charge is 0.394 e. The Kier molecular flexibility index (Phi) is 16.3. The fraction of sp³-hybridized carbons (Fsp3) is 0.958. The average Bonchev–Trinajstić information content (AvgIpc) is 3.68. The van der Waals surface area contributed by atoms with Crippen molar-refractivity contribution in [3.05, 3.63) is 12.2 Å². The summed E-state index contributed by atoms with van der Waals surface area (Å²) in [5.41, 5.74) is -4.84. The van der Waals surface area contributed by atoms with Gasteiger partial charge in [-0.1, -0.05) is 46.8 Å². The lowest BCUT2D eigenvalue weighted by Gasteiger charge is -2.71. The molecule has 3 aliphatic heterocycles. The first-order valence-corrected chi connectivity index (χ1v) is 24.7. The van der Waals surface area contributed by atoms with Crippen LogP contribution in [0.2, 0.25) is 0 Å². The minimum absolute atomic E-state index is 0.127. The molecular formula is C48H82O21. The third-order valence-corrected chi connectivity index (χ3v) is 18.8. The first-order valence-electron chi connectivity index (χ1n) is 24.7. The number of hydrogen-bond acceptors (Lipinski definition) is 21. The molecule has 7 rings (SSSR count). The monoisotopic (exact) mass is 995 g/mol. The number of ether oxygens (including phenoxy) is 6. The van der Waals surface area contributed by atoms with E-state index in [0.29, 0.717) is 38.5 Å². The van der Waals surface area contributed by atoms with Crippen molar-refractivity contribution in [2.24, 2.45) is 45.3 Å². The van der Waals surface area contributed by atoms with Gasteiger partial charge in [0.25, 0.3) is 0 Å². The normalized spacial score (nSPS) is 52.2. The Morgan fingerprint density at radius 1 is 0.609 bits per heavy atom. The minimum Gasteiger partial charge on any atom is -0.394 e. The van der Waals surface area contributed by atoms with Crippen LogP contribution >= 0.6 is 0 Å². The first kappa shape index (κ1) is 55.6. The molecule has 0 amide bonds. The van der Waals surface area contributed by atoms with E-state index in [0.717, 1.165) is 0 Å². The van der Waals surface area contributed by atoms with Crippen LogP contribution in [0.4, 0.5) is 0 Å². The molecule has 0 spiro atoms. The van der Waals surface area contributed by atoms with Gasteiger partial charge in [-0.3, -0.25) is 5.26 Å². The van der Waals surface area contributed by atoms with Crippen LogP contribution in [0.1, 0.15) is 100 Å². The number of rotatable bonds is 14. The van der Waals surface area contributed by atoms with Crippen LogP contribution in [0, 0.1) is 45.3 Å². The molecule has 14 N–H and O–H groups in total. The fourth-order valence-corrected chi connectivity index (χ4v) is 15.0. The maximum Gasteiger partial charge on any atom is 0.187 e. The van der Waals surface area contributed by atoms with E-state index in [-0.39, 0.29) is 18.3 Å². The number of aliphatic hydroxyl groups excluding tert-OH is 13. The molecule has 7 fully saturated rings. The second-order valence-corrected chi connectivity index (χ2v) is 23.5. The highest BCUT2D eigenvalue weighted by atomic mass is 17.1. The molecule has 4 aliphatic carbocycles. The molecule has 3 heterocycles. The van der Waals surface area contributed by atoms with Gasteiger partial charge in [-0.05, 0) is 111 Å². The predicted octanol–water partition coefficient (Wildman–Crippen LogP) is -1.59.